The van der Waals surface area contributed by atoms with Crippen molar-refractivity contribution < 1.29 is 27.5 Å². The maximum absolute atomic E-state index is 12.8. The predicted octanol–water partition coefficient (Wildman–Crippen LogP) is 5.05. The van der Waals surface area contributed by atoms with Crippen molar-refractivity contribution in [2.45, 2.75) is 6.36 Å². The summed E-state index contributed by atoms with van der Waals surface area (Å²) in [7, 11) is 0. The van der Waals surface area contributed by atoms with E-state index in [1.54, 1.807) is 48.5 Å². The molecule has 0 aromatic heterocycles. The van der Waals surface area contributed by atoms with E-state index in [4.69, 9.17) is 0 Å². The van der Waals surface area contributed by atoms with Gasteiger partial charge >= 0.3 is 6.36 Å². The van der Waals surface area contributed by atoms with Gasteiger partial charge in [0.05, 0.1) is 16.8 Å². The van der Waals surface area contributed by atoms with Gasteiger partial charge in [-0.2, -0.15) is 0 Å². The first-order valence-electron chi connectivity index (χ1n) is 8.28. The van der Waals surface area contributed by atoms with Crippen LogP contribution in [0.3, 0.4) is 0 Å². The zero-order chi connectivity index (χ0) is 19.9. The Bertz CT molecular complexity index is 1040. The highest BCUT2D eigenvalue weighted by Crippen LogP contribution is 2.36. The van der Waals surface area contributed by atoms with Crippen LogP contribution >= 0.6 is 0 Å². The third-order valence-electron chi connectivity index (χ3n) is 4.34. The fraction of sp³-hybridized carbons (Fsp3) is 0.0476. The molecule has 1 aliphatic rings. The van der Waals surface area contributed by atoms with Gasteiger partial charge in [-0.25, -0.2) is 4.90 Å². The number of carbonyl (C=O) groups excluding carboxylic acids is 2. The molecule has 0 fully saturated rings. The number of fused-ring (bicyclic) bond motifs is 1. The Morgan fingerprint density at radius 1 is 0.679 bits per heavy atom. The van der Waals surface area contributed by atoms with Crippen LogP contribution in [0.4, 0.5) is 18.9 Å². The minimum Gasteiger partial charge on any atom is -0.406 e. The first-order chi connectivity index (χ1) is 13.3. The van der Waals surface area contributed by atoms with Crippen molar-refractivity contribution in [3.05, 3.63) is 83.9 Å². The molecule has 140 valence electrons. The molecule has 0 saturated carbocycles. The Labute approximate surface area is 157 Å². The summed E-state index contributed by atoms with van der Waals surface area (Å²) in [5.41, 5.74) is 2.07. The van der Waals surface area contributed by atoms with Crippen LogP contribution in [-0.2, 0) is 0 Å². The standard InChI is InChI=1S/C21H12F3NO3/c22-21(23,24)28-14-11-9-13(10-12-14)15-5-3-4-8-18(15)25-19(26)16-6-1-2-7-17(16)20(25)27/h1-12H. The number of rotatable bonds is 3. The van der Waals surface area contributed by atoms with Crippen LogP contribution in [0.2, 0.25) is 0 Å². The zero-order valence-corrected chi connectivity index (χ0v) is 14.2. The second-order valence-corrected chi connectivity index (χ2v) is 6.08. The third-order valence-corrected chi connectivity index (χ3v) is 4.34. The van der Waals surface area contributed by atoms with Gasteiger partial charge in [0.25, 0.3) is 11.8 Å². The van der Waals surface area contributed by atoms with Crippen molar-refractivity contribution in [3.63, 3.8) is 0 Å². The average molecular weight is 383 g/mol. The number of para-hydroxylation sites is 1. The fourth-order valence-electron chi connectivity index (χ4n) is 3.16. The lowest BCUT2D eigenvalue weighted by Crippen LogP contribution is -2.29. The van der Waals surface area contributed by atoms with E-state index in [0.717, 1.165) is 4.90 Å². The molecule has 3 aromatic carbocycles. The number of anilines is 1. The summed E-state index contributed by atoms with van der Waals surface area (Å²) in [6, 6.07) is 18.5. The van der Waals surface area contributed by atoms with Gasteiger partial charge in [-0.15, -0.1) is 13.2 Å². The summed E-state index contributed by atoms with van der Waals surface area (Å²) >= 11 is 0. The Balaban J connectivity index is 1.73. The topological polar surface area (TPSA) is 46.6 Å². The lowest BCUT2D eigenvalue weighted by molar-refractivity contribution is -0.274. The number of halogens is 3. The highest BCUT2D eigenvalue weighted by molar-refractivity contribution is 6.35. The fourth-order valence-corrected chi connectivity index (χ4v) is 3.16. The number of ether oxygens (including phenoxy) is 1. The van der Waals surface area contributed by atoms with Crippen LogP contribution in [-0.4, -0.2) is 18.2 Å². The number of carbonyl (C=O) groups is 2. The summed E-state index contributed by atoms with van der Waals surface area (Å²) in [5.74, 6) is -1.23. The Kier molecular flexibility index (Phi) is 4.15. The molecule has 0 unspecified atom stereocenters. The molecule has 4 rings (SSSR count). The molecule has 1 aliphatic heterocycles. The first-order valence-corrected chi connectivity index (χ1v) is 8.28. The lowest BCUT2D eigenvalue weighted by atomic mass is 10.0. The predicted molar refractivity (Wildman–Crippen MR) is 96.1 cm³/mol. The van der Waals surface area contributed by atoms with Crippen molar-refractivity contribution >= 4 is 17.5 Å². The van der Waals surface area contributed by atoms with Crippen LogP contribution < -0.4 is 9.64 Å². The van der Waals surface area contributed by atoms with Crippen molar-refractivity contribution in [3.8, 4) is 16.9 Å². The van der Waals surface area contributed by atoms with Crippen molar-refractivity contribution in [2.75, 3.05) is 4.90 Å². The number of amides is 2. The van der Waals surface area contributed by atoms with E-state index in [9.17, 15) is 22.8 Å². The largest absolute Gasteiger partial charge is 0.573 e. The molecule has 0 radical (unpaired) electrons. The molecule has 1 heterocycles. The van der Waals surface area contributed by atoms with E-state index in [1.165, 1.54) is 24.3 Å². The SMILES string of the molecule is O=C1c2ccccc2C(=O)N1c1ccccc1-c1ccc(OC(F)(F)F)cc1. The molecule has 0 N–H and O–H groups in total. The zero-order valence-electron chi connectivity index (χ0n) is 14.2. The summed E-state index contributed by atoms with van der Waals surface area (Å²) in [6.07, 6.45) is -4.78. The first kappa shape index (κ1) is 17.8. The normalized spacial score (nSPS) is 13.6. The molecule has 28 heavy (non-hydrogen) atoms. The summed E-state index contributed by atoms with van der Waals surface area (Å²) in [6.45, 7) is 0. The summed E-state index contributed by atoms with van der Waals surface area (Å²) < 4.78 is 40.9. The van der Waals surface area contributed by atoms with E-state index >= 15 is 0 Å². The molecule has 0 spiro atoms. The molecule has 7 heteroatoms. The maximum atomic E-state index is 12.8. The Hall–Kier alpha value is -3.61. The minimum absolute atomic E-state index is 0.316. The molecule has 0 bridgehead atoms. The van der Waals surface area contributed by atoms with Crippen LogP contribution in [0.1, 0.15) is 20.7 Å². The maximum Gasteiger partial charge on any atom is 0.573 e. The number of imide groups is 1. The number of nitrogens with zero attached hydrogens (tertiary/aromatic N) is 1. The van der Waals surface area contributed by atoms with Gasteiger partial charge in [-0.05, 0) is 35.9 Å². The molecule has 2 amide bonds. The minimum atomic E-state index is -4.78. The highest BCUT2D eigenvalue weighted by atomic mass is 19.4. The van der Waals surface area contributed by atoms with E-state index in [0.29, 0.717) is 27.9 Å². The van der Waals surface area contributed by atoms with Gasteiger partial charge in [0.2, 0.25) is 0 Å². The molecule has 0 saturated heterocycles. The second kappa shape index (κ2) is 6.53. The Morgan fingerprint density at radius 3 is 1.71 bits per heavy atom. The van der Waals surface area contributed by atoms with Gasteiger partial charge in [0.15, 0.2) is 0 Å². The van der Waals surface area contributed by atoms with Gasteiger partial charge in [0, 0.05) is 5.56 Å². The second-order valence-electron chi connectivity index (χ2n) is 6.08. The molecule has 3 aromatic rings. The van der Waals surface area contributed by atoms with Crippen molar-refractivity contribution in [2.24, 2.45) is 0 Å². The van der Waals surface area contributed by atoms with E-state index < -0.39 is 18.2 Å². The number of hydrogen-bond donors (Lipinski definition) is 0. The van der Waals surface area contributed by atoms with Crippen LogP contribution in [0.5, 0.6) is 5.75 Å². The number of alkyl halides is 3. The Morgan fingerprint density at radius 2 is 1.18 bits per heavy atom. The molecule has 4 nitrogen and oxygen atoms in total. The van der Waals surface area contributed by atoms with Crippen molar-refractivity contribution in [1.82, 2.24) is 0 Å². The molecule has 0 aliphatic carbocycles. The summed E-state index contributed by atoms with van der Waals surface area (Å²) in [5, 5.41) is 0. The van der Waals surface area contributed by atoms with Gasteiger partial charge in [-0.3, -0.25) is 9.59 Å². The van der Waals surface area contributed by atoms with Gasteiger partial charge in [0.1, 0.15) is 5.75 Å². The van der Waals surface area contributed by atoms with Crippen molar-refractivity contribution in [1.29, 1.82) is 0 Å². The highest BCUT2D eigenvalue weighted by Gasteiger charge is 2.37. The quantitative estimate of drug-likeness (QED) is 0.595. The number of benzene rings is 3. The number of hydrogen-bond acceptors (Lipinski definition) is 3. The molecule has 0 atom stereocenters. The monoisotopic (exact) mass is 383 g/mol. The summed E-state index contributed by atoms with van der Waals surface area (Å²) in [4.78, 5) is 26.6. The third kappa shape index (κ3) is 3.11. The van der Waals surface area contributed by atoms with Gasteiger partial charge in [-0.1, -0.05) is 42.5 Å². The van der Waals surface area contributed by atoms with Gasteiger partial charge < -0.3 is 4.74 Å². The molecular weight excluding hydrogens is 371 g/mol. The van der Waals surface area contributed by atoms with Crippen LogP contribution in [0, 0.1) is 0 Å². The lowest BCUT2D eigenvalue weighted by Gasteiger charge is -2.18. The van der Waals surface area contributed by atoms with E-state index in [1.807, 2.05) is 0 Å². The van der Waals surface area contributed by atoms with Crippen LogP contribution in [0.25, 0.3) is 11.1 Å². The van der Waals surface area contributed by atoms with E-state index in [-0.39, 0.29) is 5.75 Å². The van der Waals surface area contributed by atoms with E-state index in [2.05, 4.69) is 4.74 Å². The van der Waals surface area contributed by atoms with Crippen LogP contribution in [0.15, 0.2) is 72.8 Å². The average Bonchev–Trinajstić information content (AvgIpc) is 2.92. The smallest absolute Gasteiger partial charge is 0.406 e. The molecular formula is C21H12F3NO3.